The fourth-order valence-electron chi connectivity index (χ4n) is 1.87. The summed E-state index contributed by atoms with van der Waals surface area (Å²) in [5.41, 5.74) is 1.65. The molecule has 0 bridgehead atoms. The molecule has 1 N–H and O–H groups in total. The van der Waals surface area contributed by atoms with Gasteiger partial charge in [0, 0.05) is 12.4 Å². The highest BCUT2D eigenvalue weighted by Crippen LogP contribution is 2.19. The Balaban J connectivity index is 2.43. The summed E-state index contributed by atoms with van der Waals surface area (Å²) in [7, 11) is 1.58. The van der Waals surface area contributed by atoms with Crippen LogP contribution in [0.5, 0.6) is 5.75 Å². The lowest BCUT2D eigenvalue weighted by Gasteiger charge is -2.10. The number of carbonyl (C=O) groups excluding carboxylic acids is 1. The molecule has 0 unspecified atom stereocenters. The van der Waals surface area contributed by atoms with E-state index in [0.717, 1.165) is 31.2 Å². The summed E-state index contributed by atoms with van der Waals surface area (Å²) in [5, 5.41) is 2.93. The Morgan fingerprint density at radius 2 is 2.00 bits per heavy atom. The molecule has 0 heterocycles. The Hall–Kier alpha value is -1.22. The zero-order valence-corrected chi connectivity index (χ0v) is 12.4. The first-order chi connectivity index (χ1) is 9.19. The highest BCUT2D eigenvalue weighted by Gasteiger charge is 2.11. The van der Waals surface area contributed by atoms with Crippen molar-refractivity contribution in [3.63, 3.8) is 0 Å². The van der Waals surface area contributed by atoms with Crippen molar-refractivity contribution < 1.29 is 9.53 Å². The minimum atomic E-state index is -0.0714. The van der Waals surface area contributed by atoms with Gasteiger partial charge in [0.15, 0.2) is 0 Å². The molecule has 106 valence electrons. The number of carbonyl (C=O) groups is 1. The number of benzene rings is 1. The summed E-state index contributed by atoms with van der Waals surface area (Å²) in [5.74, 6) is 1.26. The van der Waals surface area contributed by atoms with Crippen LogP contribution in [0.2, 0.25) is 0 Å². The summed E-state index contributed by atoms with van der Waals surface area (Å²) in [6.07, 6.45) is 4.24. The van der Waals surface area contributed by atoms with E-state index in [1.807, 2.05) is 25.1 Å². The molecule has 1 amide bonds. The Kier molecular flexibility index (Phi) is 7.34. The number of hydrogen-bond acceptors (Lipinski definition) is 2. The van der Waals surface area contributed by atoms with Gasteiger partial charge >= 0.3 is 0 Å². The number of nitrogens with one attached hydrogen (secondary N) is 1. The van der Waals surface area contributed by atoms with Gasteiger partial charge < -0.3 is 10.1 Å². The molecule has 19 heavy (non-hydrogen) atoms. The predicted octanol–water partition coefficient (Wildman–Crippen LogP) is 3.53. The molecule has 0 atom stereocenters. The largest absolute Gasteiger partial charge is 0.496 e. The van der Waals surface area contributed by atoms with E-state index in [9.17, 15) is 4.79 Å². The Morgan fingerprint density at radius 1 is 1.26 bits per heavy atom. The van der Waals surface area contributed by atoms with E-state index in [1.54, 1.807) is 7.11 Å². The molecule has 0 spiro atoms. The molecule has 0 aliphatic rings. The fraction of sp³-hybridized carbons (Fsp3) is 0.533. The lowest BCUT2D eigenvalue weighted by molar-refractivity contribution is 0.0950. The quantitative estimate of drug-likeness (QED) is 0.585. The third kappa shape index (κ3) is 5.52. The standard InChI is InChI=1S/C15H22ClNO2/c1-12-7-8-14(19-2)13(11-12)15(18)17-10-6-4-3-5-9-16/h7-8,11H,3-6,9-10H2,1-2H3,(H,17,18). The van der Waals surface area contributed by atoms with E-state index in [0.29, 0.717) is 23.7 Å². The molecule has 0 saturated heterocycles. The molecular formula is C15H22ClNO2. The van der Waals surface area contributed by atoms with Crippen LogP contribution in [0.25, 0.3) is 0 Å². The maximum absolute atomic E-state index is 12.1. The van der Waals surface area contributed by atoms with Crippen LogP contribution in [0.15, 0.2) is 18.2 Å². The number of hydrogen-bond donors (Lipinski definition) is 1. The molecule has 0 fully saturated rings. The summed E-state index contributed by atoms with van der Waals surface area (Å²) in [6.45, 7) is 2.65. The van der Waals surface area contributed by atoms with Crippen molar-refractivity contribution in [1.29, 1.82) is 0 Å². The Bertz CT molecular complexity index is 407. The van der Waals surface area contributed by atoms with Gasteiger partial charge in [-0.1, -0.05) is 24.5 Å². The fourth-order valence-corrected chi connectivity index (χ4v) is 2.06. The van der Waals surface area contributed by atoms with Gasteiger partial charge in [-0.3, -0.25) is 4.79 Å². The smallest absolute Gasteiger partial charge is 0.255 e. The van der Waals surface area contributed by atoms with E-state index in [-0.39, 0.29) is 5.91 Å². The average Bonchev–Trinajstić information content (AvgIpc) is 2.42. The monoisotopic (exact) mass is 283 g/mol. The number of alkyl halides is 1. The maximum atomic E-state index is 12.1. The molecule has 4 heteroatoms. The molecule has 0 saturated carbocycles. The highest BCUT2D eigenvalue weighted by molar-refractivity contribution is 6.17. The van der Waals surface area contributed by atoms with E-state index >= 15 is 0 Å². The normalized spacial score (nSPS) is 10.3. The van der Waals surface area contributed by atoms with Gasteiger partial charge in [-0.15, -0.1) is 11.6 Å². The van der Waals surface area contributed by atoms with Crippen molar-refractivity contribution >= 4 is 17.5 Å². The minimum Gasteiger partial charge on any atom is -0.496 e. The number of amides is 1. The molecule has 1 rings (SSSR count). The SMILES string of the molecule is COc1ccc(C)cc1C(=O)NCCCCCCCl. The van der Waals surface area contributed by atoms with Crippen LogP contribution >= 0.6 is 11.6 Å². The molecule has 3 nitrogen and oxygen atoms in total. The second-order valence-electron chi connectivity index (χ2n) is 4.56. The number of methoxy groups -OCH3 is 1. The second-order valence-corrected chi connectivity index (χ2v) is 4.94. The molecule has 0 aliphatic carbocycles. The summed E-state index contributed by atoms with van der Waals surface area (Å²) >= 11 is 5.61. The first kappa shape index (κ1) is 15.8. The van der Waals surface area contributed by atoms with Crippen molar-refractivity contribution in [2.75, 3.05) is 19.5 Å². The van der Waals surface area contributed by atoms with Crippen molar-refractivity contribution in [2.24, 2.45) is 0 Å². The van der Waals surface area contributed by atoms with E-state index in [1.165, 1.54) is 0 Å². The van der Waals surface area contributed by atoms with Gasteiger partial charge in [0.1, 0.15) is 5.75 Å². The molecule has 1 aromatic rings. The summed E-state index contributed by atoms with van der Waals surface area (Å²) < 4.78 is 5.21. The zero-order chi connectivity index (χ0) is 14.1. The third-order valence-corrected chi connectivity index (χ3v) is 3.21. The molecule has 0 aromatic heterocycles. The molecule has 0 radical (unpaired) electrons. The summed E-state index contributed by atoms with van der Waals surface area (Å²) in [6, 6.07) is 5.61. The lowest BCUT2D eigenvalue weighted by atomic mass is 10.1. The average molecular weight is 284 g/mol. The topological polar surface area (TPSA) is 38.3 Å². The number of rotatable bonds is 8. The van der Waals surface area contributed by atoms with Crippen LogP contribution in [0, 0.1) is 6.92 Å². The van der Waals surface area contributed by atoms with Crippen LogP contribution in [-0.2, 0) is 0 Å². The van der Waals surface area contributed by atoms with Crippen LogP contribution in [0.3, 0.4) is 0 Å². The predicted molar refractivity (Wildman–Crippen MR) is 79.3 cm³/mol. The highest BCUT2D eigenvalue weighted by atomic mass is 35.5. The second kappa shape index (κ2) is 8.81. The Morgan fingerprint density at radius 3 is 2.68 bits per heavy atom. The van der Waals surface area contributed by atoms with E-state index < -0.39 is 0 Å². The minimum absolute atomic E-state index is 0.0714. The van der Waals surface area contributed by atoms with Gasteiger partial charge in [-0.05, 0) is 31.9 Å². The van der Waals surface area contributed by atoms with Crippen molar-refractivity contribution in [2.45, 2.75) is 32.6 Å². The molecule has 1 aromatic carbocycles. The van der Waals surface area contributed by atoms with Crippen LogP contribution in [0.4, 0.5) is 0 Å². The number of aryl methyl sites for hydroxylation is 1. The van der Waals surface area contributed by atoms with Gasteiger partial charge in [0.25, 0.3) is 5.91 Å². The van der Waals surface area contributed by atoms with Crippen molar-refractivity contribution in [1.82, 2.24) is 5.32 Å². The number of unbranched alkanes of at least 4 members (excludes halogenated alkanes) is 3. The molecular weight excluding hydrogens is 262 g/mol. The maximum Gasteiger partial charge on any atom is 0.255 e. The number of ether oxygens (including phenoxy) is 1. The molecule has 0 aliphatic heterocycles. The zero-order valence-electron chi connectivity index (χ0n) is 11.7. The van der Waals surface area contributed by atoms with Crippen LogP contribution in [-0.4, -0.2) is 25.4 Å². The van der Waals surface area contributed by atoms with Crippen molar-refractivity contribution in [3.05, 3.63) is 29.3 Å². The third-order valence-electron chi connectivity index (χ3n) is 2.95. The first-order valence-corrected chi connectivity index (χ1v) is 7.21. The van der Waals surface area contributed by atoms with Crippen LogP contribution in [0.1, 0.15) is 41.6 Å². The lowest BCUT2D eigenvalue weighted by Crippen LogP contribution is -2.25. The number of halogens is 1. The first-order valence-electron chi connectivity index (χ1n) is 6.68. The van der Waals surface area contributed by atoms with Crippen LogP contribution < -0.4 is 10.1 Å². The van der Waals surface area contributed by atoms with E-state index in [4.69, 9.17) is 16.3 Å². The van der Waals surface area contributed by atoms with Gasteiger partial charge in [0.2, 0.25) is 0 Å². The van der Waals surface area contributed by atoms with Gasteiger partial charge in [0.05, 0.1) is 12.7 Å². The Labute approximate surface area is 120 Å². The summed E-state index contributed by atoms with van der Waals surface area (Å²) in [4.78, 5) is 12.1. The van der Waals surface area contributed by atoms with Gasteiger partial charge in [-0.2, -0.15) is 0 Å². The van der Waals surface area contributed by atoms with E-state index in [2.05, 4.69) is 5.32 Å². The van der Waals surface area contributed by atoms with Gasteiger partial charge in [-0.25, -0.2) is 0 Å². The van der Waals surface area contributed by atoms with Crippen molar-refractivity contribution in [3.8, 4) is 5.75 Å².